The van der Waals surface area contributed by atoms with Gasteiger partial charge in [0.2, 0.25) is 11.8 Å². The maximum atomic E-state index is 14.6. The number of nitrogens with zero attached hydrogens (tertiary/aromatic N) is 2. The van der Waals surface area contributed by atoms with Gasteiger partial charge in [0, 0.05) is 30.0 Å². The van der Waals surface area contributed by atoms with Crippen LogP contribution in [0, 0.1) is 29.6 Å². The highest BCUT2D eigenvalue weighted by Gasteiger charge is 2.61. The zero-order valence-electron chi connectivity index (χ0n) is 31.2. The molecular formula is C39H51N3O10S. The monoisotopic (exact) mass is 753 g/mol. The fourth-order valence-corrected chi connectivity index (χ4v) is 8.85. The molecule has 6 rings (SSSR count). The third kappa shape index (κ3) is 8.53. The van der Waals surface area contributed by atoms with Crippen LogP contribution < -0.4 is 14.2 Å². The van der Waals surface area contributed by atoms with Gasteiger partial charge in [0.25, 0.3) is 0 Å². The Hall–Kier alpha value is -4.04. The predicted molar refractivity (Wildman–Crippen MR) is 195 cm³/mol. The van der Waals surface area contributed by atoms with Gasteiger partial charge >= 0.3 is 16.3 Å². The molecule has 1 saturated heterocycles. The van der Waals surface area contributed by atoms with Crippen LogP contribution in [0.25, 0.3) is 10.9 Å². The summed E-state index contributed by atoms with van der Waals surface area (Å²) in [5.41, 5.74) is -0.512. The van der Waals surface area contributed by atoms with Crippen molar-refractivity contribution in [1.82, 2.24) is 14.6 Å². The Morgan fingerprint density at radius 1 is 1.06 bits per heavy atom. The number of carbonyl (C=O) groups is 4. The minimum atomic E-state index is -4.37. The van der Waals surface area contributed by atoms with E-state index < -0.39 is 68.9 Å². The summed E-state index contributed by atoms with van der Waals surface area (Å²) in [6, 6.07) is 4.40. The molecule has 2 aromatic rings. The first kappa shape index (κ1) is 38.7. The van der Waals surface area contributed by atoms with Crippen molar-refractivity contribution in [2.24, 2.45) is 22.7 Å². The lowest BCUT2D eigenvalue weighted by molar-refractivity contribution is -0.156. The highest BCUT2D eigenvalue weighted by atomic mass is 32.2. The molecular weight excluding hydrogens is 703 g/mol. The van der Waals surface area contributed by atoms with Crippen molar-refractivity contribution < 1.29 is 46.0 Å². The molecule has 0 bridgehead atoms. The number of likely N-dealkylation sites (tertiary alicyclic amines) is 1. The van der Waals surface area contributed by atoms with E-state index >= 15 is 0 Å². The smallest absolute Gasteiger partial charge is 0.362 e. The average molecular weight is 754 g/mol. The first-order chi connectivity index (χ1) is 25.0. The number of aryl methyl sites for hydroxylation is 1. The van der Waals surface area contributed by atoms with Gasteiger partial charge in [-0.1, -0.05) is 26.8 Å². The number of nitrogens with one attached hydrogen (secondary N) is 1. The van der Waals surface area contributed by atoms with Crippen LogP contribution in [0.3, 0.4) is 0 Å². The molecule has 13 nitrogen and oxygen atoms in total. The number of ketones is 1. The van der Waals surface area contributed by atoms with Crippen LogP contribution in [0.15, 0.2) is 37.1 Å². The molecule has 53 heavy (non-hydrogen) atoms. The lowest BCUT2D eigenvalue weighted by Crippen LogP contribution is -2.48. The molecule has 2 amide bonds. The second-order valence-corrected chi connectivity index (χ2v) is 17.4. The standard InChI is InChI=1S/C39H51N3O10S/c1-7-24-20-39(24,37(46)41-53(47,48)52-26-12-13-26)21-31(43)30-18-27(50-33-16-17-40-35-23(2)32(49-6)15-14-28(33)35)22-42(30)36(45)29(38(3,4)5)19-34(44)51-25-10-8-9-11-25/h7,14-17,24-27,29-30H,1,8-13,18-22H2,2-6H3,(H,41,46)/t24?,27?,29?,30?,39-/m1/s1. The number of hydrogen-bond acceptors (Lipinski definition) is 11. The van der Waals surface area contributed by atoms with E-state index in [0.29, 0.717) is 29.9 Å². The van der Waals surface area contributed by atoms with E-state index in [1.54, 1.807) is 25.4 Å². The van der Waals surface area contributed by atoms with Crippen LogP contribution in [0.1, 0.15) is 90.5 Å². The first-order valence-electron chi connectivity index (χ1n) is 18.5. The van der Waals surface area contributed by atoms with Crippen LogP contribution in [-0.2, 0) is 38.4 Å². The SMILES string of the molecule is C=CC1C[C@]1(CC(=O)C1CC(Oc2ccnc3c(C)c(OC)ccc23)CN1C(=O)C(CC(=O)OC1CCCC1)C(C)(C)C)C(=O)NS(=O)(=O)OC1CC1. The van der Waals surface area contributed by atoms with E-state index in [2.05, 4.69) is 11.6 Å². The number of esters is 1. The number of hydrogen-bond donors (Lipinski definition) is 1. The number of amides is 2. The van der Waals surface area contributed by atoms with Gasteiger partial charge in [-0.2, -0.15) is 8.42 Å². The Balaban J connectivity index is 1.27. The summed E-state index contributed by atoms with van der Waals surface area (Å²) < 4.78 is 50.0. The summed E-state index contributed by atoms with van der Waals surface area (Å²) in [4.78, 5) is 61.8. The lowest BCUT2D eigenvalue weighted by atomic mass is 9.77. The molecule has 1 aromatic carbocycles. The Morgan fingerprint density at radius 3 is 2.40 bits per heavy atom. The number of fused-ring (bicyclic) bond motifs is 1. The Kier molecular flexibility index (Phi) is 10.9. The topological polar surface area (TPSA) is 168 Å². The molecule has 1 aliphatic heterocycles. The third-order valence-electron chi connectivity index (χ3n) is 11.2. The van der Waals surface area contributed by atoms with E-state index in [1.807, 2.05) is 44.5 Å². The van der Waals surface area contributed by atoms with Crippen LogP contribution in [0.4, 0.5) is 0 Å². The van der Waals surface area contributed by atoms with Crippen molar-refractivity contribution in [3.05, 3.63) is 42.6 Å². The summed E-state index contributed by atoms with van der Waals surface area (Å²) in [5.74, 6) is -2.16. The molecule has 3 aliphatic carbocycles. The largest absolute Gasteiger partial charge is 0.496 e. The zero-order chi connectivity index (χ0) is 38.3. The van der Waals surface area contributed by atoms with Crippen LogP contribution in [0.2, 0.25) is 0 Å². The van der Waals surface area contributed by atoms with Crippen molar-refractivity contribution >= 4 is 44.8 Å². The maximum absolute atomic E-state index is 14.6. The summed E-state index contributed by atoms with van der Waals surface area (Å²) in [5, 5.41) is 0.734. The molecule has 1 N–H and O–H groups in total. The van der Waals surface area contributed by atoms with Crippen LogP contribution in [0.5, 0.6) is 11.5 Å². The predicted octanol–water partition coefficient (Wildman–Crippen LogP) is 5.13. The molecule has 14 heteroatoms. The number of carbonyl (C=O) groups excluding carboxylic acids is 4. The molecule has 288 valence electrons. The van der Waals surface area contributed by atoms with E-state index in [0.717, 1.165) is 36.6 Å². The minimum absolute atomic E-state index is 0.0478. The van der Waals surface area contributed by atoms with Crippen LogP contribution >= 0.6 is 0 Å². The molecule has 4 unspecified atom stereocenters. The van der Waals surface area contributed by atoms with Gasteiger partial charge in [-0.3, -0.25) is 28.3 Å². The first-order valence-corrected chi connectivity index (χ1v) is 20.0. The number of Topliss-reactive ketones (excluding diaryl/α,β-unsaturated/α-hetero) is 1. The van der Waals surface area contributed by atoms with Crippen molar-refractivity contribution in [3.63, 3.8) is 0 Å². The van der Waals surface area contributed by atoms with Crippen molar-refractivity contribution in [2.45, 2.75) is 116 Å². The molecule has 5 atom stereocenters. The molecule has 0 radical (unpaired) electrons. The summed E-state index contributed by atoms with van der Waals surface area (Å²) >= 11 is 0. The number of rotatable bonds is 15. The number of benzene rings is 1. The Labute approximate surface area is 311 Å². The Bertz CT molecular complexity index is 1880. The van der Waals surface area contributed by atoms with Gasteiger partial charge in [0.05, 0.1) is 49.1 Å². The highest BCUT2D eigenvalue weighted by Crippen LogP contribution is 2.57. The second-order valence-electron chi connectivity index (χ2n) is 16.1. The fraction of sp³-hybridized carbons (Fsp3) is 0.615. The number of allylic oxidation sites excluding steroid dienone is 1. The fourth-order valence-electron chi connectivity index (χ4n) is 7.82. The highest BCUT2D eigenvalue weighted by molar-refractivity contribution is 7.85. The quantitative estimate of drug-likeness (QED) is 0.189. The van der Waals surface area contributed by atoms with Gasteiger partial charge in [0.15, 0.2) is 5.78 Å². The number of aromatic nitrogens is 1. The molecule has 3 saturated carbocycles. The Morgan fingerprint density at radius 2 is 1.77 bits per heavy atom. The molecule has 1 aromatic heterocycles. The molecule has 4 aliphatic rings. The maximum Gasteiger partial charge on any atom is 0.362 e. The number of methoxy groups -OCH3 is 1. The normalized spacial score (nSPS) is 25.2. The minimum Gasteiger partial charge on any atom is -0.496 e. The summed E-state index contributed by atoms with van der Waals surface area (Å²) in [6.45, 7) is 11.4. The van der Waals surface area contributed by atoms with Crippen molar-refractivity contribution in [3.8, 4) is 11.5 Å². The van der Waals surface area contributed by atoms with Crippen molar-refractivity contribution in [2.75, 3.05) is 13.7 Å². The van der Waals surface area contributed by atoms with Gasteiger partial charge in [-0.25, -0.2) is 4.72 Å². The van der Waals surface area contributed by atoms with E-state index in [4.69, 9.17) is 18.4 Å². The summed E-state index contributed by atoms with van der Waals surface area (Å²) in [6.07, 6.45) is 6.53. The van der Waals surface area contributed by atoms with E-state index in [9.17, 15) is 27.6 Å². The van der Waals surface area contributed by atoms with Gasteiger partial charge in [0.1, 0.15) is 23.7 Å². The molecule has 2 heterocycles. The van der Waals surface area contributed by atoms with E-state index in [-0.39, 0.29) is 44.2 Å². The average Bonchev–Trinajstić information content (AvgIpc) is 3.92. The third-order valence-corrected chi connectivity index (χ3v) is 12.1. The van der Waals surface area contributed by atoms with E-state index in [1.165, 1.54) is 4.90 Å². The zero-order valence-corrected chi connectivity index (χ0v) is 32.0. The second kappa shape index (κ2) is 15.0. The van der Waals surface area contributed by atoms with Crippen LogP contribution in [-0.4, -0.2) is 79.9 Å². The van der Waals surface area contributed by atoms with Gasteiger partial charge < -0.3 is 19.1 Å². The van der Waals surface area contributed by atoms with Crippen molar-refractivity contribution in [1.29, 1.82) is 0 Å². The number of pyridine rings is 1. The molecule has 4 fully saturated rings. The van der Waals surface area contributed by atoms with Gasteiger partial charge in [-0.05, 0) is 81.4 Å². The lowest BCUT2D eigenvalue weighted by Gasteiger charge is -2.35. The number of ether oxygens (including phenoxy) is 3. The van der Waals surface area contributed by atoms with Gasteiger partial charge in [-0.15, -0.1) is 6.58 Å². The molecule has 0 spiro atoms. The summed E-state index contributed by atoms with van der Waals surface area (Å²) in [7, 11) is -2.79.